The molecule has 3 rings (SSSR count). The van der Waals surface area contributed by atoms with Gasteiger partial charge in [-0.2, -0.15) is 5.10 Å². The molecule has 0 bridgehead atoms. The number of aromatic nitrogens is 3. The second-order valence-electron chi connectivity index (χ2n) is 4.09. The summed E-state index contributed by atoms with van der Waals surface area (Å²) >= 11 is 0. The van der Waals surface area contributed by atoms with Crippen molar-refractivity contribution < 1.29 is 4.79 Å². The molecule has 0 saturated heterocycles. The van der Waals surface area contributed by atoms with Gasteiger partial charge in [0.25, 0.3) is 5.91 Å². The maximum absolute atomic E-state index is 12.1. The molecule has 2 aromatic rings. The Balaban J connectivity index is 1.80. The quantitative estimate of drug-likeness (QED) is 0.809. The van der Waals surface area contributed by atoms with E-state index >= 15 is 0 Å². The zero-order chi connectivity index (χ0) is 12.4. The number of hydrogen-bond acceptors (Lipinski definition) is 3. The molecule has 90 valence electrons. The number of rotatable bonds is 2. The monoisotopic (exact) mass is 240 g/mol. The van der Waals surface area contributed by atoms with Crippen LogP contribution in [0.3, 0.4) is 0 Å². The molecule has 0 saturated carbocycles. The average molecular weight is 240 g/mol. The third kappa shape index (κ3) is 1.90. The van der Waals surface area contributed by atoms with Gasteiger partial charge in [-0.3, -0.25) is 9.89 Å². The van der Waals surface area contributed by atoms with Crippen LogP contribution in [0.4, 0.5) is 0 Å². The minimum atomic E-state index is 0.0594. The molecule has 1 aromatic carbocycles. The number of hydrogen-bond donors (Lipinski definition) is 1. The fourth-order valence-corrected chi connectivity index (χ4v) is 1.94. The van der Waals surface area contributed by atoms with Crippen LogP contribution in [0.25, 0.3) is 11.4 Å². The van der Waals surface area contributed by atoms with E-state index in [-0.39, 0.29) is 5.91 Å². The highest BCUT2D eigenvalue weighted by Crippen LogP contribution is 2.16. The molecule has 18 heavy (non-hydrogen) atoms. The Bertz CT molecular complexity index is 564. The van der Waals surface area contributed by atoms with Gasteiger partial charge in [0.15, 0.2) is 5.82 Å². The van der Waals surface area contributed by atoms with E-state index in [2.05, 4.69) is 15.2 Å². The van der Waals surface area contributed by atoms with Gasteiger partial charge in [-0.1, -0.05) is 24.3 Å². The Kier molecular flexibility index (Phi) is 2.64. The molecule has 0 spiro atoms. The Labute approximate surface area is 104 Å². The standard InChI is InChI=1S/C13H12N4O/c18-13(17-7-1-2-8-17)11-5-3-10(4-6-11)12-14-9-15-16-12/h1-6,9H,7-8H2,(H,14,15,16). The van der Waals surface area contributed by atoms with Crippen molar-refractivity contribution >= 4 is 5.91 Å². The molecule has 0 fully saturated rings. The van der Waals surface area contributed by atoms with Gasteiger partial charge in [0, 0.05) is 24.2 Å². The van der Waals surface area contributed by atoms with E-state index in [1.165, 1.54) is 6.33 Å². The maximum atomic E-state index is 12.1. The van der Waals surface area contributed by atoms with Crippen LogP contribution in [0.2, 0.25) is 0 Å². The first-order valence-corrected chi connectivity index (χ1v) is 5.74. The number of aromatic amines is 1. The predicted molar refractivity (Wildman–Crippen MR) is 66.9 cm³/mol. The second kappa shape index (κ2) is 4.44. The van der Waals surface area contributed by atoms with Crippen LogP contribution < -0.4 is 0 Å². The van der Waals surface area contributed by atoms with Gasteiger partial charge in [0.1, 0.15) is 6.33 Å². The smallest absolute Gasteiger partial charge is 0.254 e. The van der Waals surface area contributed by atoms with Gasteiger partial charge in [-0.05, 0) is 12.1 Å². The first-order chi connectivity index (χ1) is 8.84. The van der Waals surface area contributed by atoms with E-state index < -0.39 is 0 Å². The summed E-state index contributed by atoms with van der Waals surface area (Å²) in [6, 6.07) is 7.38. The highest BCUT2D eigenvalue weighted by Gasteiger charge is 2.16. The molecule has 0 unspecified atom stereocenters. The van der Waals surface area contributed by atoms with E-state index in [9.17, 15) is 4.79 Å². The third-order valence-corrected chi connectivity index (χ3v) is 2.93. The van der Waals surface area contributed by atoms with Crippen molar-refractivity contribution in [1.82, 2.24) is 20.1 Å². The van der Waals surface area contributed by atoms with E-state index in [1.807, 2.05) is 36.4 Å². The molecular weight excluding hydrogens is 228 g/mol. The van der Waals surface area contributed by atoms with Crippen LogP contribution in [-0.2, 0) is 0 Å². The molecule has 2 heterocycles. The lowest BCUT2D eigenvalue weighted by atomic mass is 10.1. The molecule has 1 aliphatic rings. The van der Waals surface area contributed by atoms with E-state index in [0.717, 1.165) is 5.56 Å². The summed E-state index contributed by atoms with van der Waals surface area (Å²) in [6.45, 7) is 1.39. The number of benzene rings is 1. The molecule has 1 amide bonds. The van der Waals surface area contributed by atoms with Crippen LogP contribution in [0.1, 0.15) is 10.4 Å². The number of H-pyrrole nitrogens is 1. The van der Waals surface area contributed by atoms with Crippen molar-refractivity contribution in [2.24, 2.45) is 0 Å². The highest BCUT2D eigenvalue weighted by atomic mass is 16.2. The fourth-order valence-electron chi connectivity index (χ4n) is 1.94. The molecule has 0 radical (unpaired) electrons. The van der Waals surface area contributed by atoms with Crippen molar-refractivity contribution in [2.75, 3.05) is 13.1 Å². The maximum Gasteiger partial charge on any atom is 0.254 e. The average Bonchev–Trinajstić information content (AvgIpc) is 3.11. The van der Waals surface area contributed by atoms with Gasteiger partial charge in [-0.25, -0.2) is 4.98 Å². The van der Waals surface area contributed by atoms with Crippen LogP contribution >= 0.6 is 0 Å². The molecule has 1 aliphatic heterocycles. The Morgan fingerprint density at radius 1 is 1.17 bits per heavy atom. The largest absolute Gasteiger partial charge is 0.331 e. The zero-order valence-electron chi connectivity index (χ0n) is 9.71. The summed E-state index contributed by atoms with van der Waals surface area (Å²) in [5.41, 5.74) is 1.62. The number of carbonyl (C=O) groups excluding carboxylic acids is 1. The number of nitrogens with zero attached hydrogens (tertiary/aromatic N) is 3. The van der Waals surface area contributed by atoms with Crippen molar-refractivity contribution in [3.05, 3.63) is 48.3 Å². The van der Waals surface area contributed by atoms with Crippen molar-refractivity contribution in [2.45, 2.75) is 0 Å². The summed E-state index contributed by atoms with van der Waals surface area (Å²) in [6.07, 6.45) is 5.46. The van der Waals surface area contributed by atoms with Crippen LogP contribution in [0.15, 0.2) is 42.7 Å². The van der Waals surface area contributed by atoms with Crippen molar-refractivity contribution in [1.29, 1.82) is 0 Å². The normalized spacial score (nSPS) is 14.1. The van der Waals surface area contributed by atoms with Crippen molar-refractivity contribution in [3.63, 3.8) is 0 Å². The number of carbonyl (C=O) groups is 1. The lowest BCUT2D eigenvalue weighted by Gasteiger charge is -2.15. The highest BCUT2D eigenvalue weighted by molar-refractivity contribution is 5.95. The SMILES string of the molecule is O=C(c1ccc(-c2ncn[nH]2)cc1)N1CC=CC1. The Morgan fingerprint density at radius 3 is 2.50 bits per heavy atom. The minimum Gasteiger partial charge on any atom is -0.331 e. The number of amides is 1. The first-order valence-electron chi connectivity index (χ1n) is 5.74. The predicted octanol–water partition coefficient (Wildman–Crippen LogP) is 1.48. The first kappa shape index (κ1) is 10.7. The summed E-state index contributed by atoms with van der Waals surface area (Å²) in [4.78, 5) is 18.0. The van der Waals surface area contributed by atoms with Gasteiger partial charge >= 0.3 is 0 Å². The van der Waals surface area contributed by atoms with Crippen LogP contribution in [0.5, 0.6) is 0 Å². The van der Waals surface area contributed by atoms with Gasteiger partial charge < -0.3 is 4.90 Å². The van der Waals surface area contributed by atoms with Gasteiger partial charge in [-0.15, -0.1) is 0 Å². The van der Waals surface area contributed by atoms with Crippen LogP contribution in [-0.4, -0.2) is 39.1 Å². The zero-order valence-corrected chi connectivity index (χ0v) is 9.71. The Morgan fingerprint density at radius 2 is 1.89 bits per heavy atom. The van der Waals surface area contributed by atoms with Gasteiger partial charge in [0.05, 0.1) is 0 Å². The lowest BCUT2D eigenvalue weighted by Crippen LogP contribution is -2.28. The van der Waals surface area contributed by atoms with E-state index in [0.29, 0.717) is 24.5 Å². The molecule has 0 atom stereocenters. The second-order valence-corrected chi connectivity index (χ2v) is 4.09. The third-order valence-electron chi connectivity index (χ3n) is 2.93. The topological polar surface area (TPSA) is 61.9 Å². The van der Waals surface area contributed by atoms with Gasteiger partial charge in [0.2, 0.25) is 0 Å². The van der Waals surface area contributed by atoms with E-state index in [1.54, 1.807) is 4.90 Å². The molecule has 5 nitrogen and oxygen atoms in total. The molecule has 1 N–H and O–H groups in total. The molecule has 5 heteroatoms. The van der Waals surface area contributed by atoms with Crippen LogP contribution in [0, 0.1) is 0 Å². The van der Waals surface area contributed by atoms with E-state index in [4.69, 9.17) is 0 Å². The summed E-state index contributed by atoms with van der Waals surface area (Å²) in [5, 5.41) is 6.59. The summed E-state index contributed by atoms with van der Waals surface area (Å²) < 4.78 is 0. The fraction of sp³-hybridized carbons (Fsp3) is 0.154. The lowest BCUT2D eigenvalue weighted by molar-refractivity contribution is 0.0800. The molecule has 0 aliphatic carbocycles. The molecule has 1 aromatic heterocycles. The number of nitrogens with one attached hydrogen (secondary N) is 1. The van der Waals surface area contributed by atoms with Crippen molar-refractivity contribution in [3.8, 4) is 11.4 Å². The molecular formula is C13H12N4O. The summed E-state index contributed by atoms with van der Waals surface area (Å²) in [5.74, 6) is 0.765. The summed E-state index contributed by atoms with van der Waals surface area (Å²) in [7, 11) is 0. The Hall–Kier alpha value is -2.43. The minimum absolute atomic E-state index is 0.0594.